The van der Waals surface area contributed by atoms with Crippen LogP contribution in [0.4, 0.5) is 34.1 Å². The molecule has 222 valence electrons. The van der Waals surface area contributed by atoms with Gasteiger partial charge in [0.2, 0.25) is 0 Å². The summed E-state index contributed by atoms with van der Waals surface area (Å²) in [6.45, 7) is 9.94. The third kappa shape index (κ3) is 3.61. The molecule has 0 radical (unpaired) electrons. The molecule has 9 rings (SSSR count). The highest BCUT2D eigenvalue weighted by molar-refractivity contribution is 7.03. The molecular weight excluding hydrogens is 591 g/mol. The Bertz CT molecular complexity index is 2040. The van der Waals surface area contributed by atoms with Crippen LogP contribution in [0.5, 0.6) is 0 Å². The Kier molecular flexibility index (Phi) is 5.80. The quantitative estimate of drug-likeness (QED) is 0.142. The monoisotopic (exact) mass is 625 g/mol. The lowest BCUT2D eigenvalue weighted by molar-refractivity contribution is 1.28. The Labute approximate surface area is 272 Å². The normalized spacial score (nSPS) is 15.7. The number of hydrogen-bond donors (Lipinski definition) is 0. The minimum absolute atomic E-state index is 1.15. The fourth-order valence-corrected chi connectivity index (χ4v) is 14.3. The molecule has 0 atom stereocenters. The van der Waals surface area contributed by atoms with E-state index < -0.39 is 16.1 Å². The van der Waals surface area contributed by atoms with Crippen LogP contribution in [0.15, 0.2) is 140 Å². The van der Waals surface area contributed by atoms with Gasteiger partial charge in [-0.1, -0.05) is 123 Å². The van der Waals surface area contributed by atoms with Crippen LogP contribution >= 0.6 is 0 Å². The van der Waals surface area contributed by atoms with Crippen molar-refractivity contribution in [2.24, 2.45) is 0 Å². The van der Waals surface area contributed by atoms with Crippen molar-refractivity contribution < 1.29 is 0 Å². The largest absolute Gasteiger partial charge is 0.309 e. The molecule has 46 heavy (non-hydrogen) atoms. The lowest BCUT2D eigenvalue weighted by Crippen LogP contribution is -2.58. The summed E-state index contributed by atoms with van der Waals surface area (Å²) >= 11 is 0. The summed E-state index contributed by atoms with van der Waals surface area (Å²) < 4.78 is 0. The molecule has 1 aromatic heterocycles. The van der Waals surface area contributed by atoms with E-state index in [1.807, 2.05) is 6.20 Å². The van der Waals surface area contributed by atoms with Gasteiger partial charge in [0.05, 0.1) is 11.4 Å². The standard InChI is InChI=1S/C41H35N3Si2/c1-45(2)36-21-11-7-17-32(36)43(33-18-8-12-22-37(33)45)40-28-15-5-6-16-29(28)41(31-27-42-26-25-30(31)40)44-34-19-9-13-23-38(34)46(3,4)39-24-14-10-20-35(39)44/h5-27H,1-4H3. The lowest BCUT2D eigenvalue weighted by Gasteiger charge is -2.43. The third-order valence-electron chi connectivity index (χ3n) is 10.5. The van der Waals surface area contributed by atoms with Gasteiger partial charge in [0, 0.05) is 56.7 Å². The van der Waals surface area contributed by atoms with Gasteiger partial charge in [-0.15, -0.1) is 0 Å². The van der Waals surface area contributed by atoms with Gasteiger partial charge >= 0.3 is 0 Å². The Morgan fingerprint density at radius 1 is 0.391 bits per heavy atom. The molecule has 0 saturated heterocycles. The van der Waals surface area contributed by atoms with Crippen LogP contribution in [0.3, 0.4) is 0 Å². The molecule has 2 aliphatic rings. The van der Waals surface area contributed by atoms with E-state index in [0.29, 0.717) is 0 Å². The number of benzene rings is 6. The number of aromatic nitrogens is 1. The SMILES string of the molecule is C[Si]1(C)c2ccccc2N(c2c3ccccc3c(N3c4ccccc4[Si](C)(C)c4ccccc43)c3cnccc23)c2ccccc21. The van der Waals surface area contributed by atoms with Gasteiger partial charge in [0.25, 0.3) is 0 Å². The average molecular weight is 626 g/mol. The van der Waals surface area contributed by atoms with Crippen LogP contribution in [0.2, 0.25) is 26.2 Å². The van der Waals surface area contributed by atoms with Gasteiger partial charge in [-0.05, 0) is 51.1 Å². The summed E-state index contributed by atoms with van der Waals surface area (Å²) in [5.41, 5.74) is 7.55. The number of rotatable bonds is 2. The van der Waals surface area contributed by atoms with E-state index in [1.165, 1.54) is 71.0 Å². The predicted molar refractivity (Wildman–Crippen MR) is 202 cm³/mol. The van der Waals surface area contributed by atoms with Gasteiger partial charge in [-0.25, -0.2) is 0 Å². The van der Waals surface area contributed by atoms with Crippen LogP contribution < -0.4 is 30.5 Å². The summed E-state index contributed by atoms with van der Waals surface area (Å²) in [6.07, 6.45) is 4.04. The molecule has 2 aliphatic heterocycles. The van der Waals surface area contributed by atoms with Gasteiger partial charge in [-0.2, -0.15) is 0 Å². The molecule has 0 spiro atoms. The van der Waals surface area contributed by atoms with Crippen LogP contribution in [0.25, 0.3) is 21.5 Å². The minimum atomic E-state index is -1.93. The highest BCUT2D eigenvalue weighted by Gasteiger charge is 2.41. The zero-order valence-corrected chi connectivity index (χ0v) is 28.6. The minimum Gasteiger partial charge on any atom is -0.309 e. The molecule has 3 nitrogen and oxygen atoms in total. The van der Waals surface area contributed by atoms with Crippen molar-refractivity contribution in [3.63, 3.8) is 0 Å². The molecular formula is C41H35N3Si2. The number of anilines is 6. The molecule has 5 heteroatoms. The molecule has 0 aliphatic carbocycles. The zero-order chi connectivity index (χ0) is 31.2. The predicted octanol–water partition coefficient (Wildman–Crippen LogP) is 8.60. The van der Waals surface area contributed by atoms with Crippen molar-refractivity contribution in [1.82, 2.24) is 4.98 Å². The van der Waals surface area contributed by atoms with Gasteiger partial charge in [0.15, 0.2) is 0 Å². The van der Waals surface area contributed by atoms with Gasteiger partial charge in [-0.3, -0.25) is 4.98 Å². The molecule has 0 unspecified atom stereocenters. The van der Waals surface area contributed by atoms with E-state index >= 15 is 0 Å². The fraction of sp³-hybridized carbons (Fsp3) is 0.0976. The Morgan fingerprint density at radius 3 is 1.13 bits per heavy atom. The Morgan fingerprint density at radius 2 is 0.717 bits per heavy atom. The van der Waals surface area contributed by atoms with Crippen LogP contribution in [0, 0.1) is 0 Å². The first-order valence-corrected chi connectivity index (χ1v) is 22.2. The molecule has 7 aromatic rings. The van der Waals surface area contributed by atoms with Crippen molar-refractivity contribution in [2.45, 2.75) is 26.2 Å². The van der Waals surface area contributed by atoms with Crippen LogP contribution in [0.1, 0.15) is 0 Å². The topological polar surface area (TPSA) is 19.4 Å². The van der Waals surface area contributed by atoms with Gasteiger partial charge < -0.3 is 9.80 Å². The Hall–Kier alpha value is -4.98. The number of fused-ring (bicyclic) bond motifs is 6. The molecule has 0 bridgehead atoms. The maximum absolute atomic E-state index is 4.78. The average Bonchev–Trinajstić information content (AvgIpc) is 3.09. The third-order valence-corrected chi connectivity index (χ3v) is 17.6. The lowest BCUT2D eigenvalue weighted by atomic mass is 9.96. The van der Waals surface area contributed by atoms with E-state index in [2.05, 4.69) is 170 Å². The number of nitrogens with zero attached hydrogens (tertiary/aromatic N) is 3. The van der Waals surface area contributed by atoms with E-state index in [9.17, 15) is 0 Å². The first-order valence-electron chi connectivity index (χ1n) is 16.2. The zero-order valence-electron chi connectivity index (χ0n) is 26.6. The molecule has 3 heterocycles. The molecule has 0 N–H and O–H groups in total. The highest BCUT2D eigenvalue weighted by atomic mass is 28.3. The Balaban J connectivity index is 1.43. The maximum Gasteiger partial charge on any atom is 0.117 e. The van der Waals surface area contributed by atoms with Crippen LogP contribution in [-0.2, 0) is 0 Å². The van der Waals surface area contributed by atoms with Crippen molar-refractivity contribution >= 4 is 92.6 Å². The fourth-order valence-electron chi connectivity index (χ4n) is 8.28. The second kappa shape index (κ2) is 9.76. The second-order valence-electron chi connectivity index (χ2n) is 13.7. The first kappa shape index (κ1) is 27.3. The summed E-state index contributed by atoms with van der Waals surface area (Å²) in [7, 11) is -3.86. The van der Waals surface area contributed by atoms with Crippen molar-refractivity contribution in [2.75, 3.05) is 9.80 Å². The molecule has 0 saturated carbocycles. The smallest absolute Gasteiger partial charge is 0.117 e. The van der Waals surface area contributed by atoms with Crippen molar-refractivity contribution in [3.05, 3.63) is 140 Å². The van der Waals surface area contributed by atoms with Crippen molar-refractivity contribution in [1.29, 1.82) is 0 Å². The summed E-state index contributed by atoms with van der Waals surface area (Å²) in [4.78, 5) is 9.87. The molecule has 6 aromatic carbocycles. The number of hydrogen-bond acceptors (Lipinski definition) is 3. The second-order valence-corrected chi connectivity index (χ2v) is 22.3. The summed E-state index contributed by atoms with van der Waals surface area (Å²) in [5, 5.41) is 10.7. The summed E-state index contributed by atoms with van der Waals surface area (Å²) in [6, 6.07) is 47.5. The van der Waals surface area contributed by atoms with Gasteiger partial charge in [0.1, 0.15) is 16.1 Å². The molecule has 0 amide bonds. The van der Waals surface area contributed by atoms with E-state index in [4.69, 9.17) is 4.98 Å². The van der Waals surface area contributed by atoms with E-state index in [0.717, 1.165) is 5.39 Å². The van der Waals surface area contributed by atoms with Crippen LogP contribution in [-0.4, -0.2) is 21.1 Å². The first-order chi connectivity index (χ1) is 22.4. The highest BCUT2D eigenvalue weighted by Crippen LogP contribution is 2.51. The van der Waals surface area contributed by atoms with Crippen molar-refractivity contribution in [3.8, 4) is 0 Å². The van der Waals surface area contributed by atoms with E-state index in [-0.39, 0.29) is 0 Å². The molecule has 0 fully saturated rings. The summed E-state index contributed by atoms with van der Waals surface area (Å²) in [5.74, 6) is 0. The van der Waals surface area contributed by atoms with E-state index in [1.54, 1.807) is 0 Å². The maximum atomic E-state index is 4.78. The number of pyridine rings is 1. The number of para-hydroxylation sites is 4.